The molecule has 0 aliphatic rings. The van der Waals surface area contributed by atoms with Crippen molar-refractivity contribution in [1.29, 1.82) is 0 Å². The van der Waals surface area contributed by atoms with Gasteiger partial charge in [0.15, 0.2) is 5.75 Å². The highest BCUT2D eigenvalue weighted by atomic mass is 32.2. The normalized spacial score (nSPS) is 10.8. The van der Waals surface area contributed by atoms with Crippen molar-refractivity contribution in [3.05, 3.63) is 30.3 Å². The van der Waals surface area contributed by atoms with E-state index in [1.165, 1.54) is 12.1 Å². The molecule has 1 aromatic rings. The molecule has 104 valence electrons. The number of ether oxygens (including phenoxy) is 1. The van der Waals surface area contributed by atoms with E-state index in [0.29, 0.717) is 4.31 Å². The molecule has 8 heteroatoms. The first-order chi connectivity index (χ1) is 8.86. The number of esters is 1. The molecular formula is C11H13NO6S. The van der Waals surface area contributed by atoms with Crippen molar-refractivity contribution < 1.29 is 27.9 Å². The summed E-state index contributed by atoms with van der Waals surface area (Å²) in [5.41, 5.74) is 0.175. The van der Waals surface area contributed by atoms with Crippen LogP contribution in [0.15, 0.2) is 30.3 Å². The Balaban J connectivity index is 3.11. The zero-order valence-corrected chi connectivity index (χ0v) is 11.0. The second-order valence-corrected chi connectivity index (χ2v) is 5.46. The molecule has 1 N–H and O–H groups in total. The summed E-state index contributed by atoms with van der Waals surface area (Å²) < 4.78 is 28.9. The number of carbonyl (C=O) groups is 2. The van der Waals surface area contributed by atoms with E-state index in [4.69, 9.17) is 5.11 Å². The van der Waals surface area contributed by atoms with Crippen molar-refractivity contribution in [1.82, 2.24) is 0 Å². The number of benzene rings is 1. The molecule has 7 nitrogen and oxygen atoms in total. The van der Waals surface area contributed by atoms with Crippen LogP contribution in [0.4, 0.5) is 5.69 Å². The first-order valence-electron chi connectivity index (χ1n) is 5.21. The Bertz CT molecular complexity index is 554. The van der Waals surface area contributed by atoms with Crippen LogP contribution in [0.5, 0.6) is 0 Å². The summed E-state index contributed by atoms with van der Waals surface area (Å²) in [7, 11) is -3.05. The molecular weight excluding hydrogens is 274 g/mol. The van der Waals surface area contributed by atoms with E-state index in [1.807, 2.05) is 0 Å². The van der Waals surface area contributed by atoms with E-state index in [-0.39, 0.29) is 5.69 Å². The van der Waals surface area contributed by atoms with Crippen LogP contribution in [-0.4, -0.2) is 44.9 Å². The Morgan fingerprint density at radius 1 is 1.26 bits per heavy atom. The van der Waals surface area contributed by atoms with Gasteiger partial charge in [-0.15, -0.1) is 0 Å². The lowest BCUT2D eigenvalue weighted by molar-refractivity contribution is -0.138. The molecule has 1 rings (SSSR count). The van der Waals surface area contributed by atoms with E-state index in [2.05, 4.69) is 4.74 Å². The van der Waals surface area contributed by atoms with Gasteiger partial charge < -0.3 is 9.84 Å². The summed E-state index contributed by atoms with van der Waals surface area (Å²) in [6.07, 6.45) is 0. The average Bonchev–Trinajstić information content (AvgIpc) is 2.36. The second-order valence-electron chi connectivity index (χ2n) is 3.57. The lowest BCUT2D eigenvalue weighted by Crippen LogP contribution is -2.39. The fourth-order valence-electron chi connectivity index (χ4n) is 1.35. The quantitative estimate of drug-likeness (QED) is 0.744. The highest BCUT2D eigenvalue weighted by molar-refractivity contribution is 7.93. The molecule has 0 aliphatic heterocycles. The second kappa shape index (κ2) is 6.19. The van der Waals surface area contributed by atoms with Crippen LogP contribution >= 0.6 is 0 Å². The van der Waals surface area contributed by atoms with Gasteiger partial charge in [0, 0.05) is 0 Å². The molecule has 0 spiro atoms. The maximum absolute atomic E-state index is 12.0. The smallest absolute Gasteiger partial charge is 0.324 e. The predicted molar refractivity (Wildman–Crippen MR) is 67.2 cm³/mol. The maximum Gasteiger partial charge on any atom is 0.324 e. The average molecular weight is 287 g/mol. The minimum absolute atomic E-state index is 0.175. The number of hydrogen-bond donors (Lipinski definition) is 1. The molecule has 0 saturated carbocycles. The predicted octanol–water partition coefficient (Wildman–Crippen LogP) is 0.0804. The third-order valence-corrected chi connectivity index (χ3v) is 3.80. The third kappa shape index (κ3) is 4.25. The summed E-state index contributed by atoms with van der Waals surface area (Å²) >= 11 is 0. The van der Waals surface area contributed by atoms with Gasteiger partial charge >= 0.3 is 11.9 Å². The Morgan fingerprint density at radius 2 is 1.84 bits per heavy atom. The Labute approximate surface area is 110 Å². The Hall–Kier alpha value is -2.09. The number of aliphatic carboxylic acids is 1. The number of carbonyl (C=O) groups excluding carboxylic acids is 1. The number of rotatable bonds is 6. The summed E-state index contributed by atoms with van der Waals surface area (Å²) in [4.78, 5) is 21.8. The van der Waals surface area contributed by atoms with Gasteiger partial charge in [0.05, 0.1) is 12.8 Å². The van der Waals surface area contributed by atoms with Crippen molar-refractivity contribution in [2.24, 2.45) is 0 Å². The molecule has 0 fully saturated rings. The number of para-hydroxylation sites is 1. The van der Waals surface area contributed by atoms with Crippen LogP contribution in [0.1, 0.15) is 0 Å². The molecule has 19 heavy (non-hydrogen) atoms. The van der Waals surface area contributed by atoms with Crippen molar-refractivity contribution in [2.75, 3.05) is 23.7 Å². The first kappa shape index (κ1) is 15.0. The van der Waals surface area contributed by atoms with Crippen LogP contribution < -0.4 is 4.31 Å². The van der Waals surface area contributed by atoms with Crippen molar-refractivity contribution in [3.63, 3.8) is 0 Å². The largest absolute Gasteiger partial charge is 0.480 e. The minimum atomic E-state index is -4.10. The summed E-state index contributed by atoms with van der Waals surface area (Å²) in [6, 6.07) is 7.68. The molecule has 0 radical (unpaired) electrons. The van der Waals surface area contributed by atoms with Crippen LogP contribution in [0.25, 0.3) is 0 Å². The number of sulfonamides is 1. The SMILES string of the molecule is COC(=O)CS(=O)(=O)N(CC(=O)O)c1ccccc1. The van der Waals surface area contributed by atoms with Crippen molar-refractivity contribution in [3.8, 4) is 0 Å². The topological polar surface area (TPSA) is 101 Å². The van der Waals surface area contributed by atoms with Gasteiger partial charge in [-0.05, 0) is 12.1 Å². The molecule has 0 atom stereocenters. The summed E-state index contributed by atoms with van der Waals surface area (Å²) in [5.74, 6) is -3.19. The number of carboxylic acid groups (broad SMARTS) is 1. The molecule has 0 unspecified atom stereocenters. The zero-order chi connectivity index (χ0) is 14.5. The van der Waals surface area contributed by atoms with Gasteiger partial charge in [-0.25, -0.2) is 8.42 Å². The molecule has 0 bridgehead atoms. The fourth-order valence-corrected chi connectivity index (χ4v) is 2.67. The Morgan fingerprint density at radius 3 is 2.32 bits per heavy atom. The number of carboxylic acids is 1. The van der Waals surface area contributed by atoms with E-state index in [9.17, 15) is 18.0 Å². The van der Waals surface area contributed by atoms with Gasteiger partial charge in [-0.1, -0.05) is 18.2 Å². The number of methoxy groups -OCH3 is 1. The number of nitrogens with zero attached hydrogens (tertiary/aromatic N) is 1. The molecule has 0 saturated heterocycles. The minimum Gasteiger partial charge on any atom is -0.480 e. The molecule has 1 aromatic carbocycles. The van der Waals surface area contributed by atoms with Crippen LogP contribution in [0.3, 0.4) is 0 Å². The van der Waals surface area contributed by atoms with Gasteiger partial charge in [-0.3, -0.25) is 13.9 Å². The van der Waals surface area contributed by atoms with Crippen LogP contribution in [-0.2, 0) is 24.3 Å². The van der Waals surface area contributed by atoms with Crippen LogP contribution in [0, 0.1) is 0 Å². The van der Waals surface area contributed by atoms with E-state index in [1.54, 1.807) is 18.2 Å². The number of hydrogen-bond acceptors (Lipinski definition) is 5. The summed E-state index contributed by atoms with van der Waals surface area (Å²) in [5, 5.41) is 8.78. The molecule has 0 amide bonds. The van der Waals surface area contributed by atoms with Gasteiger partial charge in [0.25, 0.3) is 0 Å². The summed E-state index contributed by atoms with van der Waals surface area (Å²) in [6.45, 7) is -0.761. The third-order valence-electron chi connectivity index (χ3n) is 2.19. The van der Waals surface area contributed by atoms with E-state index >= 15 is 0 Å². The zero-order valence-electron chi connectivity index (χ0n) is 10.1. The van der Waals surface area contributed by atoms with E-state index in [0.717, 1.165) is 7.11 Å². The van der Waals surface area contributed by atoms with Crippen LogP contribution in [0.2, 0.25) is 0 Å². The Kier molecular flexibility index (Phi) is 4.87. The molecule has 0 aromatic heterocycles. The van der Waals surface area contributed by atoms with Crippen molar-refractivity contribution in [2.45, 2.75) is 0 Å². The first-order valence-corrected chi connectivity index (χ1v) is 6.82. The molecule has 0 aliphatic carbocycles. The highest BCUT2D eigenvalue weighted by Gasteiger charge is 2.27. The monoisotopic (exact) mass is 287 g/mol. The lowest BCUT2D eigenvalue weighted by Gasteiger charge is -2.21. The maximum atomic E-state index is 12.0. The molecule has 0 heterocycles. The van der Waals surface area contributed by atoms with E-state index < -0.39 is 34.3 Å². The van der Waals surface area contributed by atoms with Gasteiger partial charge in [0.1, 0.15) is 6.54 Å². The standard InChI is InChI=1S/C11H13NO6S/c1-18-11(15)8-19(16,17)12(7-10(13)14)9-5-3-2-4-6-9/h2-6H,7-8H2,1H3,(H,13,14). The highest BCUT2D eigenvalue weighted by Crippen LogP contribution is 2.17. The van der Waals surface area contributed by atoms with Crippen molar-refractivity contribution >= 4 is 27.6 Å². The lowest BCUT2D eigenvalue weighted by atomic mass is 10.3. The fraction of sp³-hybridized carbons (Fsp3) is 0.273. The van der Waals surface area contributed by atoms with Gasteiger partial charge in [0.2, 0.25) is 10.0 Å². The number of anilines is 1. The van der Waals surface area contributed by atoms with Gasteiger partial charge in [-0.2, -0.15) is 0 Å².